The van der Waals surface area contributed by atoms with Crippen LogP contribution in [0.5, 0.6) is 5.75 Å². The lowest BCUT2D eigenvalue weighted by Gasteiger charge is -2.23. The molecule has 2 saturated heterocycles. The maximum Gasteiger partial charge on any atom is 0.325 e. The molecular weight excluding hydrogens is 424 g/mol. The number of carbonyl (C=O) groups is 4. The number of imide groups is 1. The Labute approximate surface area is 193 Å². The summed E-state index contributed by atoms with van der Waals surface area (Å²) < 4.78 is 5.83. The highest BCUT2D eigenvalue weighted by Crippen LogP contribution is 2.42. The molecule has 3 aliphatic rings. The van der Waals surface area contributed by atoms with Gasteiger partial charge in [0, 0.05) is 18.7 Å². The minimum absolute atomic E-state index is 0.0448. The molecule has 1 aliphatic carbocycles. The largest absolute Gasteiger partial charge is 0.483 e. The van der Waals surface area contributed by atoms with Crippen LogP contribution in [-0.2, 0) is 14.4 Å². The highest BCUT2D eigenvalue weighted by molar-refractivity contribution is 6.09. The van der Waals surface area contributed by atoms with Crippen LogP contribution in [0.15, 0.2) is 24.3 Å². The van der Waals surface area contributed by atoms with E-state index in [2.05, 4.69) is 10.6 Å². The lowest BCUT2D eigenvalue weighted by molar-refractivity contribution is -0.135. The van der Waals surface area contributed by atoms with Crippen molar-refractivity contribution in [2.75, 3.05) is 26.2 Å². The highest BCUT2D eigenvalue weighted by atomic mass is 16.5. The Morgan fingerprint density at radius 2 is 1.91 bits per heavy atom. The molecule has 2 aliphatic heterocycles. The first-order chi connectivity index (χ1) is 15.8. The number of likely N-dealkylation sites (tertiary alicyclic amines) is 1. The third-order valence-corrected chi connectivity index (χ3v) is 6.84. The summed E-state index contributed by atoms with van der Waals surface area (Å²) in [6.45, 7) is 4.80. The van der Waals surface area contributed by atoms with Gasteiger partial charge in [0.15, 0.2) is 6.61 Å². The Hall–Kier alpha value is -3.10. The predicted octanol–water partition coefficient (Wildman–Crippen LogP) is 1.98. The Balaban J connectivity index is 1.38. The number of benzene rings is 1. The van der Waals surface area contributed by atoms with Crippen LogP contribution in [0.1, 0.15) is 57.6 Å². The first-order valence-electron chi connectivity index (χ1n) is 11.8. The second kappa shape index (κ2) is 9.41. The Kier molecular flexibility index (Phi) is 6.58. The van der Waals surface area contributed by atoms with Crippen molar-refractivity contribution in [3.63, 3.8) is 0 Å². The third-order valence-electron chi connectivity index (χ3n) is 6.84. The Morgan fingerprint density at radius 1 is 1.21 bits per heavy atom. The van der Waals surface area contributed by atoms with Crippen LogP contribution in [-0.4, -0.2) is 65.3 Å². The van der Waals surface area contributed by atoms with Crippen molar-refractivity contribution < 1.29 is 23.9 Å². The second-order valence-corrected chi connectivity index (χ2v) is 9.24. The van der Waals surface area contributed by atoms with Gasteiger partial charge in [0.05, 0.1) is 6.04 Å². The minimum atomic E-state index is -0.913. The van der Waals surface area contributed by atoms with Crippen LogP contribution < -0.4 is 15.4 Å². The SMILES string of the molecule is CCC(NC(=O)CN1C(=O)NC(C)(C2CC2)C1=O)c1ccccc1OCC(=O)N1CCCC1. The van der Waals surface area contributed by atoms with E-state index in [0.29, 0.717) is 12.2 Å². The Morgan fingerprint density at radius 3 is 2.58 bits per heavy atom. The van der Waals surface area contributed by atoms with Crippen molar-refractivity contribution in [2.45, 2.75) is 57.5 Å². The van der Waals surface area contributed by atoms with Crippen LogP contribution >= 0.6 is 0 Å². The van der Waals surface area contributed by atoms with E-state index in [1.165, 1.54) is 0 Å². The number of hydrogen-bond acceptors (Lipinski definition) is 5. The lowest BCUT2D eigenvalue weighted by Crippen LogP contribution is -2.47. The van der Waals surface area contributed by atoms with E-state index in [4.69, 9.17) is 4.74 Å². The molecular formula is C24H32N4O5. The quantitative estimate of drug-likeness (QED) is 0.553. The summed E-state index contributed by atoms with van der Waals surface area (Å²) in [6, 6.07) is 6.38. The molecule has 1 aromatic rings. The monoisotopic (exact) mass is 456 g/mol. The van der Waals surface area contributed by atoms with Gasteiger partial charge < -0.3 is 20.3 Å². The summed E-state index contributed by atoms with van der Waals surface area (Å²) in [5.74, 6) is -0.140. The zero-order valence-electron chi connectivity index (χ0n) is 19.3. The average Bonchev–Trinajstić information content (AvgIpc) is 3.48. The van der Waals surface area contributed by atoms with E-state index in [1.54, 1.807) is 17.9 Å². The van der Waals surface area contributed by atoms with Gasteiger partial charge in [-0.1, -0.05) is 25.1 Å². The first-order valence-corrected chi connectivity index (χ1v) is 11.8. The minimum Gasteiger partial charge on any atom is -0.483 e. The van der Waals surface area contributed by atoms with Gasteiger partial charge in [-0.05, 0) is 51.0 Å². The normalized spacial score (nSPS) is 23.5. The Bertz CT molecular complexity index is 941. The molecule has 2 N–H and O–H groups in total. The molecule has 1 aromatic carbocycles. The van der Waals surface area contributed by atoms with Gasteiger partial charge in [0.2, 0.25) is 5.91 Å². The van der Waals surface area contributed by atoms with Crippen molar-refractivity contribution in [1.82, 2.24) is 20.4 Å². The third kappa shape index (κ3) is 4.82. The summed E-state index contributed by atoms with van der Waals surface area (Å²) in [6.07, 6.45) is 4.41. The topological polar surface area (TPSA) is 108 Å². The maximum atomic E-state index is 12.8. The van der Waals surface area contributed by atoms with E-state index in [9.17, 15) is 19.2 Å². The number of rotatable bonds is 9. The van der Waals surface area contributed by atoms with Gasteiger partial charge in [-0.15, -0.1) is 0 Å². The summed E-state index contributed by atoms with van der Waals surface area (Å²) in [7, 11) is 0. The van der Waals surface area contributed by atoms with Crippen molar-refractivity contribution in [3.05, 3.63) is 29.8 Å². The van der Waals surface area contributed by atoms with E-state index in [-0.39, 0.29) is 36.9 Å². The zero-order valence-corrected chi connectivity index (χ0v) is 19.3. The first kappa shape index (κ1) is 23.1. The van der Waals surface area contributed by atoms with Crippen molar-refractivity contribution in [1.29, 1.82) is 0 Å². The fourth-order valence-corrected chi connectivity index (χ4v) is 4.68. The van der Waals surface area contributed by atoms with E-state index in [0.717, 1.165) is 49.2 Å². The van der Waals surface area contributed by atoms with Crippen LogP contribution in [0.3, 0.4) is 0 Å². The van der Waals surface area contributed by atoms with Crippen molar-refractivity contribution >= 4 is 23.8 Å². The van der Waals surface area contributed by atoms with Gasteiger partial charge in [0.25, 0.3) is 11.8 Å². The van der Waals surface area contributed by atoms with Gasteiger partial charge in [-0.2, -0.15) is 0 Å². The molecule has 5 amide bonds. The number of carbonyl (C=O) groups excluding carboxylic acids is 4. The van der Waals surface area contributed by atoms with Crippen LogP contribution in [0.4, 0.5) is 4.79 Å². The fourth-order valence-electron chi connectivity index (χ4n) is 4.68. The van der Waals surface area contributed by atoms with Gasteiger partial charge in [0.1, 0.15) is 17.8 Å². The highest BCUT2D eigenvalue weighted by Gasteiger charge is 2.56. The van der Waals surface area contributed by atoms with Crippen LogP contribution in [0.2, 0.25) is 0 Å². The second-order valence-electron chi connectivity index (χ2n) is 9.24. The molecule has 0 spiro atoms. The molecule has 178 valence electrons. The number of para-hydroxylation sites is 1. The average molecular weight is 457 g/mol. The van der Waals surface area contributed by atoms with E-state index in [1.807, 2.05) is 25.1 Å². The van der Waals surface area contributed by atoms with Crippen LogP contribution in [0.25, 0.3) is 0 Å². The smallest absolute Gasteiger partial charge is 0.325 e. The van der Waals surface area contributed by atoms with E-state index >= 15 is 0 Å². The number of hydrogen-bond donors (Lipinski definition) is 2. The number of nitrogens with zero attached hydrogens (tertiary/aromatic N) is 2. The molecule has 2 heterocycles. The number of amides is 5. The number of urea groups is 1. The molecule has 1 saturated carbocycles. The standard InChI is InChI=1S/C24H32N4O5/c1-3-18(17-8-4-5-9-19(17)33-15-21(30)27-12-6-7-13-27)25-20(29)14-28-22(31)24(2,16-10-11-16)26-23(28)32/h4-5,8-9,16,18H,3,6-7,10-15H2,1-2H3,(H,25,29)(H,26,32). The molecule has 2 unspecified atom stereocenters. The summed E-state index contributed by atoms with van der Waals surface area (Å²) in [5, 5.41) is 5.68. The molecule has 4 rings (SSSR count). The molecule has 9 heteroatoms. The van der Waals surface area contributed by atoms with Crippen LogP contribution in [0, 0.1) is 5.92 Å². The molecule has 33 heavy (non-hydrogen) atoms. The predicted molar refractivity (Wildman–Crippen MR) is 120 cm³/mol. The van der Waals surface area contributed by atoms with Gasteiger partial charge >= 0.3 is 6.03 Å². The van der Waals surface area contributed by atoms with Gasteiger partial charge in [-0.25, -0.2) is 4.79 Å². The summed E-state index contributed by atoms with van der Waals surface area (Å²) >= 11 is 0. The lowest BCUT2D eigenvalue weighted by atomic mass is 9.96. The van der Waals surface area contributed by atoms with Crippen molar-refractivity contribution in [2.24, 2.45) is 5.92 Å². The summed E-state index contributed by atoms with van der Waals surface area (Å²) in [4.78, 5) is 53.1. The van der Waals surface area contributed by atoms with Gasteiger partial charge in [-0.3, -0.25) is 19.3 Å². The number of ether oxygens (including phenoxy) is 1. The molecule has 0 bridgehead atoms. The maximum absolute atomic E-state index is 12.8. The van der Waals surface area contributed by atoms with Crippen molar-refractivity contribution in [3.8, 4) is 5.75 Å². The molecule has 9 nitrogen and oxygen atoms in total. The zero-order chi connectivity index (χ0) is 23.6. The molecule has 0 aromatic heterocycles. The summed E-state index contributed by atoms with van der Waals surface area (Å²) in [5.41, 5.74) is -0.160. The molecule has 2 atom stereocenters. The molecule has 3 fully saturated rings. The number of nitrogens with one attached hydrogen (secondary N) is 2. The molecule has 0 radical (unpaired) electrons. The van der Waals surface area contributed by atoms with E-state index < -0.39 is 17.5 Å². The fraction of sp³-hybridized carbons (Fsp3) is 0.583.